The zero-order chi connectivity index (χ0) is 10.8. The molecule has 2 rings (SSSR count). The summed E-state index contributed by atoms with van der Waals surface area (Å²) in [6.07, 6.45) is 2.15. The van der Waals surface area contributed by atoms with Crippen LogP contribution in [0, 0.1) is 4.64 Å². The Labute approximate surface area is 94.3 Å². The van der Waals surface area contributed by atoms with E-state index in [0.29, 0.717) is 4.64 Å². The number of rotatable bonds is 1. The summed E-state index contributed by atoms with van der Waals surface area (Å²) in [5.74, 6) is 1.03. The van der Waals surface area contributed by atoms with E-state index in [2.05, 4.69) is 28.7 Å². The van der Waals surface area contributed by atoms with E-state index in [4.69, 9.17) is 17.0 Å². The summed E-state index contributed by atoms with van der Waals surface area (Å²) in [6, 6.07) is 1.89. The highest BCUT2D eigenvalue weighted by Gasteiger charge is 2.22. The van der Waals surface area contributed by atoms with Gasteiger partial charge in [-0.2, -0.15) is 0 Å². The van der Waals surface area contributed by atoms with Gasteiger partial charge in [-0.05, 0) is 13.8 Å². The topological polar surface area (TPSA) is 41.2 Å². The fourth-order valence-electron chi connectivity index (χ4n) is 1.92. The molecule has 2 heterocycles. The Morgan fingerprint density at radius 3 is 2.73 bits per heavy atom. The van der Waals surface area contributed by atoms with Crippen LogP contribution in [0.3, 0.4) is 0 Å². The van der Waals surface area contributed by atoms with Gasteiger partial charge in [0.25, 0.3) is 0 Å². The van der Waals surface area contributed by atoms with Crippen molar-refractivity contribution in [2.75, 3.05) is 18.0 Å². The molecule has 0 saturated carbocycles. The van der Waals surface area contributed by atoms with Crippen molar-refractivity contribution in [2.24, 2.45) is 0 Å². The third-order valence-corrected chi connectivity index (χ3v) is 2.65. The molecule has 0 amide bonds. The van der Waals surface area contributed by atoms with E-state index >= 15 is 0 Å². The van der Waals surface area contributed by atoms with Crippen LogP contribution in [0.25, 0.3) is 0 Å². The monoisotopic (exact) mass is 225 g/mol. The number of hydrogen-bond donors (Lipinski definition) is 1. The molecule has 2 atom stereocenters. The molecule has 82 valence electrons. The number of aromatic amines is 1. The molecule has 1 saturated heterocycles. The van der Waals surface area contributed by atoms with Gasteiger partial charge in [0.1, 0.15) is 10.5 Å². The maximum absolute atomic E-state index is 5.67. The average Bonchev–Trinajstić information content (AvgIpc) is 2.16. The summed E-state index contributed by atoms with van der Waals surface area (Å²) in [5.41, 5.74) is 0. The molecule has 15 heavy (non-hydrogen) atoms. The van der Waals surface area contributed by atoms with Crippen LogP contribution in [0.5, 0.6) is 0 Å². The molecule has 1 N–H and O–H groups in total. The molecular weight excluding hydrogens is 210 g/mol. The minimum Gasteiger partial charge on any atom is -0.372 e. The number of nitrogens with zero attached hydrogens (tertiary/aromatic N) is 2. The Morgan fingerprint density at radius 2 is 2.13 bits per heavy atom. The number of ether oxygens (including phenoxy) is 1. The maximum Gasteiger partial charge on any atom is 0.131 e. The van der Waals surface area contributed by atoms with Crippen molar-refractivity contribution in [1.29, 1.82) is 0 Å². The first-order valence-corrected chi connectivity index (χ1v) is 5.51. The minimum absolute atomic E-state index is 0.254. The van der Waals surface area contributed by atoms with E-state index < -0.39 is 0 Å². The van der Waals surface area contributed by atoms with Crippen LogP contribution in [0.1, 0.15) is 13.8 Å². The first-order valence-electron chi connectivity index (χ1n) is 5.10. The Bertz CT molecular complexity index is 382. The Balaban J connectivity index is 2.19. The number of anilines is 1. The molecule has 0 bridgehead atoms. The highest BCUT2D eigenvalue weighted by Crippen LogP contribution is 2.17. The van der Waals surface area contributed by atoms with Crippen LogP contribution < -0.4 is 4.90 Å². The van der Waals surface area contributed by atoms with E-state index in [0.717, 1.165) is 18.9 Å². The molecule has 0 radical (unpaired) electrons. The molecule has 1 fully saturated rings. The van der Waals surface area contributed by atoms with E-state index in [1.54, 1.807) is 6.33 Å². The maximum atomic E-state index is 5.67. The zero-order valence-electron chi connectivity index (χ0n) is 8.93. The third kappa shape index (κ3) is 2.54. The first kappa shape index (κ1) is 10.6. The van der Waals surface area contributed by atoms with Crippen LogP contribution in [-0.4, -0.2) is 35.3 Å². The van der Waals surface area contributed by atoms with Crippen molar-refractivity contribution in [3.8, 4) is 0 Å². The van der Waals surface area contributed by atoms with Gasteiger partial charge in [-0.3, -0.25) is 0 Å². The molecule has 1 aliphatic heterocycles. The summed E-state index contributed by atoms with van der Waals surface area (Å²) in [6.45, 7) is 5.94. The fraction of sp³-hybridized carbons (Fsp3) is 0.600. The summed E-state index contributed by atoms with van der Waals surface area (Å²) in [7, 11) is 0. The summed E-state index contributed by atoms with van der Waals surface area (Å²) in [4.78, 5) is 9.33. The van der Waals surface area contributed by atoms with Gasteiger partial charge < -0.3 is 14.6 Å². The lowest BCUT2D eigenvalue weighted by Crippen LogP contribution is -2.45. The number of hydrogen-bond acceptors (Lipinski definition) is 4. The quantitative estimate of drug-likeness (QED) is 0.739. The van der Waals surface area contributed by atoms with Crippen LogP contribution in [-0.2, 0) is 4.74 Å². The Morgan fingerprint density at radius 1 is 1.47 bits per heavy atom. The molecule has 4 nitrogen and oxygen atoms in total. The lowest BCUT2D eigenvalue weighted by molar-refractivity contribution is -0.00546. The molecule has 5 heteroatoms. The van der Waals surface area contributed by atoms with E-state index in [-0.39, 0.29) is 12.2 Å². The zero-order valence-corrected chi connectivity index (χ0v) is 9.75. The molecule has 0 aromatic carbocycles. The Kier molecular flexibility index (Phi) is 3.02. The average molecular weight is 225 g/mol. The van der Waals surface area contributed by atoms with Crippen LogP contribution in [0.15, 0.2) is 12.4 Å². The lowest BCUT2D eigenvalue weighted by atomic mass is 10.2. The van der Waals surface area contributed by atoms with Gasteiger partial charge in [0.15, 0.2) is 0 Å². The van der Waals surface area contributed by atoms with Crippen molar-refractivity contribution in [1.82, 2.24) is 9.97 Å². The lowest BCUT2D eigenvalue weighted by Gasteiger charge is -2.36. The van der Waals surface area contributed by atoms with Gasteiger partial charge in [0.05, 0.1) is 18.5 Å². The van der Waals surface area contributed by atoms with Crippen LogP contribution >= 0.6 is 12.2 Å². The second kappa shape index (κ2) is 4.28. The van der Waals surface area contributed by atoms with Crippen molar-refractivity contribution >= 4 is 18.0 Å². The van der Waals surface area contributed by atoms with Crippen molar-refractivity contribution in [2.45, 2.75) is 26.1 Å². The van der Waals surface area contributed by atoms with E-state index in [9.17, 15) is 0 Å². The minimum atomic E-state index is 0.254. The van der Waals surface area contributed by atoms with E-state index in [1.165, 1.54) is 0 Å². The van der Waals surface area contributed by atoms with Gasteiger partial charge in [-0.1, -0.05) is 12.2 Å². The standard InChI is InChI=1S/C10H15N3OS/c1-7-4-13(5-8(2)14-7)9-3-10(15)12-6-11-9/h3,6-8H,4-5H2,1-2H3,(H,11,12,15)/t7-,8+. The van der Waals surface area contributed by atoms with E-state index in [1.807, 2.05) is 6.07 Å². The SMILES string of the molecule is C[C@@H]1CN(c2cc(=S)nc[nH]2)C[C@H](C)O1. The summed E-state index contributed by atoms with van der Waals surface area (Å²) >= 11 is 5.04. The largest absolute Gasteiger partial charge is 0.372 e. The number of morpholine rings is 1. The molecule has 0 unspecified atom stereocenters. The predicted molar refractivity (Wildman–Crippen MR) is 61.6 cm³/mol. The molecule has 1 aromatic heterocycles. The molecule has 1 aromatic rings. The molecule has 1 aliphatic rings. The van der Waals surface area contributed by atoms with Crippen LogP contribution in [0.2, 0.25) is 0 Å². The number of H-pyrrole nitrogens is 1. The van der Waals surface area contributed by atoms with Crippen molar-refractivity contribution < 1.29 is 4.74 Å². The van der Waals surface area contributed by atoms with Gasteiger partial charge in [0, 0.05) is 19.2 Å². The fourth-order valence-corrected chi connectivity index (χ4v) is 2.08. The van der Waals surface area contributed by atoms with Crippen molar-refractivity contribution in [3.63, 3.8) is 0 Å². The highest BCUT2D eigenvalue weighted by molar-refractivity contribution is 7.71. The third-order valence-electron chi connectivity index (χ3n) is 2.42. The van der Waals surface area contributed by atoms with Gasteiger partial charge >= 0.3 is 0 Å². The first-order chi connectivity index (χ1) is 7.15. The van der Waals surface area contributed by atoms with Crippen LogP contribution in [0.4, 0.5) is 5.82 Å². The molecule has 0 spiro atoms. The predicted octanol–water partition coefficient (Wildman–Crippen LogP) is 1.75. The molecular formula is C10H15N3OS. The summed E-state index contributed by atoms with van der Waals surface area (Å²) in [5, 5.41) is 0. The van der Waals surface area contributed by atoms with Crippen molar-refractivity contribution in [3.05, 3.63) is 17.0 Å². The smallest absolute Gasteiger partial charge is 0.131 e. The number of nitrogens with one attached hydrogen (secondary N) is 1. The van der Waals surface area contributed by atoms with Gasteiger partial charge in [0.2, 0.25) is 0 Å². The second-order valence-electron chi connectivity index (χ2n) is 3.93. The highest BCUT2D eigenvalue weighted by atomic mass is 32.1. The number of aromatic nitrogens is 2. The second-order valence-corrected chi connectivity index (χ2v) is 4.35. The molecule has 0 aliphatic carbocycles. The normalized spacial score (nSPS) is 26.7. The van der Waals surface area contributed by atoms with Gasteiger partial charge in [-0.25, -0.2) is 4.98 Å². The summed E-state index contributed by atoms with van der Waals surface area (Å²) < 4.78 is 6.29. The van der Waals surface area contributed by atoms with Gasteiger partial charge in [-0.15, -0.1) is 0 Å². The Hall–Kier alpha value is -0.940.